The van der Waals surface area contributed by atoms with Crippen molar-refractivity contribution in [2.45, 2.75) is 32.3 Å². The maximum Gasteiger partial charge on any atom is 0.261 e. The van der Waals surface area contributed by atoms with Crippen LogP contribution in [0.25, 0.3) is 0 Å². The summed E-state index contributed by atoms with van der Waals surface area (Å²) >= 11 is 0. The SMILES string of the molecule is CC[C@@H](Oc1ccc(OC)cc1)C(=O)NCCCc1ccccc1. The lowest BCUT2D eigenvalue weighted by molar-refractivity contribution is -0.128. The van der Waals surface area contributed by atoms with Crippen molar-refractivity contribution in [2.24, 2.45) is 0 Å². The van der Waals surface area contributed by atoms with E-state index in [-0.39, 0.29) is 5.91 Å². The molecule has 0 aliphatic heterocycles. The quantitative estimate of drug-likeness (QED) is 0.716. The van der Waals surface area contributed by atoms with Crippen molar-refractivity contribution in [3.05, 3.63) is 60.2 Å². The van der Waals surface area contributed by atoms with Gasteiger partial charge in [0.15, 0.2) is 6.10 Å². The molecule has 0 saturated carbocycles. The second-order valence-electron chi connectivity index (χ2n) is 5.57. The zero-order chi connectivity index (χ0) is 17.2. The van der Waals surface area contributed by atoms with Crippen molar-refractivity contribution in [2.75, 3.05) is 13.7 Å². The molecule has 0 fully saturated rings. The second kappa shape index (κ2) is 9.60. The molecule has 0 saturated heterocycles. The molecule has 0 bridgehead atoms. The van der Waals surface area contributed by atoms with E-state index < -0.39 is 6.10 Å². The summed E-state index contributed by atoms with van der Waals surface area (Å²) in [6.07, 6.45) is 2.01. The highest BCUT2D eigenvalue weighted by Crippen LogP contribution is 2.19. The number of rotatable bonds is 9. The predicted octanol–water partition coefficient (Wildman–Crippen LogP) is 3.60. The molecule has 0 unspecified atom stereocenters. The number of ether oxygens (including phenoxy) is 2. The van der Waals surface area contributed by atoms with Gasteiger partial charge in [-0.2, -0.15) is 0 Å². The number of amides is 1. The first-order chi connectivity index (χ1) is 11.7. The van der Waals surface area contributed by atoms with Crippen LogP contribution in [0.1, 0.15) is 25.3 Å². The maximum atomic E-state index is 12.3. The number of nitrogens with one attached hydrogen (secondary N) is 1. The first kappa shape index (κ1) is 17.9. The minimum absolute atomic E-state index is 0.0682. The van der Waals surface area contributed by atoms with Crippen LogP contribution in [0.3, 0.4) is 0 Å². The van der Waals surface area contributed by atoms with Crippen LogP contribution in [0.4, 0.5) is 0 Å². The molecular weight excluding hydrogens is 302 g/mol. The summed E-state index contributed by atoms with van der Waals surface area (Å²) < 4.78 is 10.9. The third-order valence-corrected chi connectivity index (χ3v) is 3.79. The van der Waals surface area contributed by atoms with Gasteiger partial charge in [-0.3, -0.25) is 4.79 Å². The van der Waals surface area contributed by atoms with Crippen molar-refractivity contribution in [1.29, 1.82) is 0 Å². The molecule has 0 aliphatic carbocycles. The van der Waals surface area contributed by atoms with Gasteiger partial charge in [-0.15, -0.1) is 0 Å². The molecule has 4 heteroatoms. The number of benzene rings is 2. The van der Waals surface area contributed by atoms with Crippen molar-refractivity contribution in [3.8, 4) is 11.5 Å². The number of carbonyl (C=O) groups is 1. The minimum Gasteiger partial charge on any atom is -0.497 e. The van der Waals surface area contributed by atoms with Gasteiger partial charge in [0.1, 0.15) is 11.5 Å². The Hall–Kier alpha value is -2.49. The Balaban J connectivity index is 1.76. The first-order valence-corrected chi connectivity index (χ1v) is 8.35. The zero-order valence-corrected chi connectivity index (χ0v) is 14.3. The second-order valence-corrected chi connectivity index (χ2v) is 5.57. The van der Waals surface area contributed by atoms with Crippen molar-refractivity contribution in [3.63, 3.8) is 0 Å². The molecular formula is C20H25NO3. The Morgan fingerprint density at radius 3 is 2.33 bits per heavy atom. The predicted molar refractivity (Wildman–Crippen MR) is 95.5 cm³/mol. The summed E-state index contributed by atoms with van der Waals surface area (Å²) in [5.41, 5.74) is 1.29. The monoisotopic (exact) mass is 327 g/mol. The Kier molecular flexibility index (Phi) is 7.15. The number of aryl methyl sites for hydroxylation is 1. The molecule has 0 aromatic heterocycles. The third-order valence-electron chi connectivity index (χ3n) is 3.79. The van der Waals surface area contributed by atoms with Gasteiger partial charge in [0.05, 0.1) is 7.11 Å². The van der Waals surface area contributed by atoms with Crippen LogP contribution >= 0.6 is 0 Å². The molecule has 4 nitrogen and oxygen atoms in total. The third kappa shape index (κ3) is 5.61. The van der Waals surface area contributed by atoms with Gasteiger partial charge in [-0.25, -0.2) is 0 Å². The fourth-order valence-electron chi connectivity index (χ4n) is 2.40. The van der Waals surface area contributed by atoms with Gasteiger partial charge in [0.25, 0.3) is 5.91 Å². The van der Waals surface area contributed by atoms with Gasteiger partial charge >= 0.3 is 0 Å². The van der Waals surface area contributed by atoms with Crippen LogP contribution < -0.4 is 14.8 Å². The van der Waals surface area contributed by atoms with E-state index in [0.29, 0.717) is 18.7 Å². The zero-order valence-electron chi connectivity index (χ0n) is 14.3. The molecule has 24 heavy (non-hydrogen) atoms. The van der Waals surface area contributed by atoms with Crippen molar-refractivity contribution in [1.82, 2.24) is 5.32 Å². The van der Waals surface area contributed by atoms with E-state index in [0.717, 1.165) is 18.6 Å². The van der Waals surface area contributed by atoms with Crippen molar-refractivity contribution < 1.29 is 14.3 Å². The molecule has 2 aromatic rings. The Bertz CT molecular complexity index is 611. The number of methoxy groups -OCH3 is 1. The summed E-state index contributed by atoms with van der Waals surface area (Å²) in [4.78, 5) is 12.3. The lowest BCUT2D eigenvalue weighted by Gasteiger charge is -2.17. The van der Waals surface area contributed by atoms with Gasteiger partial charge in [-0.05, 0) is 49.1 Å². The summed E-state index contributed by atoms with van der Waals surface area (Å²) in [6.45, 7) is 2.59. The van der Waals surface area contributed by atoms with Gasteiger partial charge < -0.3 is 14.8 Å². The molecule has 128 valence electrons. The van der Waals surface area contributed by atoms with Crippen molar-refractivity contribution >= 4 is 5.91 Å². The lowest BCUT2D eigenvalue weighted by atomic mass is 10.1. The molecule has 0 aliphatic rings. The Morgan fingerprint density at radius 2 is 1.71 bits per heavy atom. The van der Waals surface area contributed by atoms with Gasteiger partial charge in [0.2, 0.25) is 0 Å². The minimum atomic E-state index is -0.477. The van der Waals surface area contributed by atoms with E-state index in [1.165, 1.54) is 5.56 Å². The molecule has 0 radical (unpaired) electrons. The molecule has 1 atom stereocenters. The molecule has 1 N–H and O–H groups in total. The topological polar surface area (TPSA) is 47.6 Å². The number of carbonyl (C=O) groups excluding carboxylic acids is 1. The van der Waals surface area contributed by atoms with Crippen LogP contribution in [0, 0.1) is 0 Å². The lowest BCUT2D eigenvalue weighted by Crippen LogP contribution is -2.38. The highest BCUT2D eigenvalue weighted by atomic mass is 16.5. The van der Waals surface area contributed by atoms with Crippen LogP contribution in [-0.2, 0) is 11.2 Å². The van der Waals surface area contributed by atoms with E-state index >= 15 is 0 Å². The standard InChI is InChI=1S/C20H25NO3/c1-3-19(24-18-13-11-17(23-2)12-14-18)20(22)21-15-7-10-16-8-5-4-6-9-16/h4-6,8-9,11-14,19H,3,7,10,15H2,1-2H3,(H,21,22)/t19-/m1/s1. The highest BCUT2D eigenvalue weighted by Gasteiger charge is 2.17. The smallest absolute Gasteiger partial charge is 0.261 e. The Morgan fingerprint density at radius 1 is 1.04 bits per heavy atom. The van der Waals surface area contributed by atoms with Crippen LogP contribution in [0.5, 0.6) is 11.5 Å². The van der Waals surface area contributed by atoms with E-state index in [1.807, 2.05) is 49.4 Å². The molecule has 2 rings (SSSR count). The number of hydrogen-bond donors (Lipinski definition) is 1. The van der Waals surface area contributed by atoms with E-state index in [4.69, 9.17) is 9.47 Å². The summed E-state index contributed by atoms with van der Waals surface area (Å²) in [5, 5.41) is 2.96. The fourth-order valence-corrected chi connectivity index (χ4v) is 2.40. The highest BCUT2D eigenvalue weighted by molar-refractivity contribution is 5.81. The first-order valence-electron chi connectivity index (χ1n) is 8.35. The van der Waals surface area contributed by atoms with E-state index in [2.05, 4.69) is 17.4 Å². The van der Waals surface area contributed by atoms with Crippen LogP contribution in [0.2, 0.25) is 0 Å². The maximum absolute atomic E-state index is 12.3. The summed E-state index contributed by atoms with van der Waals surface area (Å²) in [6, 6.07) is 17.5. The number of hydrogen-bond acceptors (Lipinski definition) is 3. The average Bonchev–Trinajstić information content (AvgIpc) is 2.64. The fraction of sp³-hybridized carbons (Fsp3) is 0.350. The molecule has 2 aromatic carbocycles. The van der Waals surface area contributed by atoms with Crippen LogP contribution in [0.15, 0.2) is 54.6 Å². The van der Waals surface area contributed by atoms with E-state index in [1.54, 1.807) is 7.11 Å². The molecule has 0 spiro atoms. The summed E-state index contributed by atoms with van der Waals surface area (Å²) in [7, 11) is 1.62. The normalized spacial score (nSPS) is 11.6. The Labute approximate surface area is 143 Å². The molecule has 0 heterocycles. The van der Waals surface area contributed by atoms with Gasteiger partial charge in [0, 0.05) is 6.54 Å². The molecule has 1 amide bonds. The van der Waals surface area contributed by atoms with E-state index in [9.17, 15) is 4.79 Å². The largest absolute Gasteiger partial charge is 0.497 e. The van der Waals surface area contributed by atoms with Gasteiger partial charge in [-0.1, -0.05) is 37.3 Å². The summed E-state index contributed by atoms with van der Waals surface area (Å²) in [5.74, 6) is 1.37. The average molecular weight is 327 g/mol. The van der Waals surface area contributed by atoms with Crippen LogP contribution in [-0.4, -0.2) is 25.7 Å².